The smallest absolute Gasteiger partial charge is 0.416 e. The third kappa shape index (κ3) is 3.68. The second-order valence-corrected chi connectivity index (χ2v) is 3.84. The average molecular weight is 276 g/mol. The van der Waals surface area contributed by atoms with E-state index in [-0.39, 0.29) is 5.69 Å². The van der Waals surface area contributed by atoms with E-state index in [0.29, 0.717) is 12.1 Å². The summed E-state index contributed by atoms with van der Waals surface area (Å²) in [5, 5.41) is 11.0. The average Bonchev–Trinajstić information content (AvgIpc) is 2.27. The van der Waals surface area contributed by atoms with Gasteiger partial charge in [-0.25, -0.2) is 4.79 Å². The zero-order valence-corrected chi connectivity index (χ0v) is 9.78. The summed E-state index contributed by atoms with van der Waals surface area (Å²) in [6, 6.07) is 1.11. The second-order valence-electron chi connectivity index (χ2n) is 3.84. The summed E-state index contributed by atoms with van der Waals surface area (Å²) in [6.07, 6.45) is -4.66. The summed E-state index contributed by atoms with van der Waals surface area (Å²) in [7, 11) is 0. The van der Waals surface area contributed by atoms with E-state index in [1.807, 2.05) is 0 Å². The van der Waals surface area contributed by atoms with Gasteiger partial charge in [0.05, 0.1) is 22.9 Å². The first-order valence-electron chi connectivity index (χ1n) is 5.14. The van der Waals surface area contributed by atoms with Crippen LogP contribution in [-0.2, 0) is 11.0 Å². The number of carbonyl (C=O) groups excluding carboxylic acids is 1. The lowest BCUT2D eigenvalue weighted by atomic mass is 10.1. The van der Waals surface area contributed by atoms with Crippen LogP contribution < -0.4 is 11.1 Å². The number of hydrogen-bond acceptors (Lipinski definition) is 3. The summed E-state index contributed by atoms with van der Waals surface area (Å²) in [4.78, 5) is 22.2. The van der Waals surface area contributed by atoms with Crippen molar-refractivity contribution >= 4 is 17.6 Å². The van der Waals surface area contributed by atoms with Crippen molar-refractivity contribution in [3.63, 3.8) is 0 Å². The Labute approximate surface area is 106 Å². The fraction of sp³-hybridized carbons (Fsp3) is 0.273. The molecule has 8 heteroatoms. The number of nitrogens with one attached hydrogen (secondary N) is 1. The number of hydrogen-bond donors (Lipinski definition) is 3. The van der Waals surface area contributed by atoms with Crippen molar-refractivity contribution in [2.24, 2.45) is 5.73 Å². The molecule has 0 spiro atoms. The number of rotatable bonds is 3. The number of benzene rings is 1. The predicted octanol–water partition coefficient (Wildman–Crippen LogP) is 1.69. The van der Waals surface area contributed by atoms with Gasteiger partial charge in [0.25, 0.3) is 0 Å². The van der Waals surface area contributed by atoms with Gasteiger partial charge in [-0.15, -0.1) is 0 Å². The van der Waals surface area contributed by atoms with E-state index < -0.39 is 35.2 Å². The molecule has 0 bridgehead atoms. The van der Waals surface area contributed by atoms with Crippen molar-refractivity contribution in [3.05, 3.63) is 29.3 Å². The highest BCUT2D eigenvalue weighted by atomic mass is 19.4. The lowest BCUT2D eigenvalue weighted by Crippen LogP contribution is -2.33. The van der Waals surface area contributed by atoms with E-state index in [2.05, 4.69) is 5.32 Å². The molecule has 0 heterocycles. The van der Waals surface area contributed by atoms with Crippen molar-refractivity contribution in [1.29, 1.82) is 0 Å². The molecule has 0 fully saturated rings. The number of halogens is 3. The minimum atomic E-state index is -4.66. The number of alkyl halides is 3. The summed E-state index contributed by atoms with van der Waals surface area (Å²) in [5.74, 6) is -2.27. The zero-order chi connectivity index (χ0) is 14.8. The molecule has 0 aromatic heterocycles. The number of amides is 1. The number of anilines is 1. The molecule has 0 radical (unpaired) electrons. The summed E-state index contributed by atoms with van der Waals surface area (Å²) in [6.45, 7) is 1.36. The summed E-state index contributed by atoms with van der Waals surface area (Å²) < 4.78 is 37.4. The topological polar surface area (TPSA) is 92.4 Å². The molecule has 0 aliphatic heterocycles. The van der Waals surface area contributed by atoms with Crippen LogP contribution in [0.3, 0.4) is 0 Å². The Bertz CT molecular complexity index is 512. The number of nitrogens with two attached hydrogens (primary N) is 1. The van der Waals surface area contributed by atoms with Crippen molar-refractivity contribution < 1.29 is 27.9 Å². The van der Waals surface area contributed by atoms with Crippen LogP contribution in [0.15, 0.2) is 18.2 Å². The fourth-order valence-corrected chi connectivity index (χ4v) is 1.25. The molecule has 1 rings (SSSR count). The predicted molar refractivity (Wildman–Crippen MR) is 60.7 cm³/mol. The van der Waals surface area contributed by atoms with Crippen LogP contribution in [-0.4, -0.2) is 23.0 Å². The van der Waals surface area contributed by atoms with Crippen LogP contribution in [0.1, 0.15) is 22.8 Å². The molecule has 0 unspecified atom stereocenters. The van der Waals surface area contributed by atoms with E-state index >= 15 is 0 Å². The van der Waals surface area contributed by atoms with E-state index in [1.165, 1.54) is 6.92 Å². The van der Waals surface area contributed by atoms with Gasteiger partial charge in [-0.3, -0.25) is 4.79 Å². The normalized spacial score (nSPS) is 12.9. The SMILES string of the molecule is C[C@H](N)C(=O)Nc1ccc(C(F)(F)F)cc1C(=O)O. The molecule has 1 atom stereocenters. The second kappa shape index (κ2) is 5.27. The Morgan fingerprint density at radius 1 is 1.37 bits per heavy atom. The van der Waals surface area contributed by atoms with E-state index in [9.17, 15) is 22.8 Å². The minimum Gasteiger partial charge on any atom is -0.478 e. The first kappa shape index (κ1) is 15.0. The van der Waals surface area contributed by atoms with Crippen molar-refractivity contribution in [1.82, 2.24) is 0 Å². The molecule has 4 N–H and O–H groups in total. The van der Waals surface area contributed by atoms with E-state index in [4.69, 9.17) is 10.8 Å². The Morgan fingerprint density at radius 3 is 2.37 bits per heavy atom. The highest BCUT2D eigenvalue weighted by Gasteiger charge is 2.32. The first-order valence-corrected chi connectivity index (χ1v) is 5.14. The molecule has 0 saturated carbocycles. The van der Waals surface area contributed by atoms with Crippen molar-refractivity contribution in [3.8, 4) is 0 Å². The van der Waals surface area contributed by atoms with Crippen LogP contribution in [0.25, 0.3) is 0 Å². The minimum absolute atomic E-state index is 0.234. The van der Waals surface area contributed by atoms with Crippen LogP contribution >= 0.6 is 0 Å². The largest absolute Gasteiger partial charge is 0.478 e. The highest BCUT2D eigenvalue weighted by molar-refractivity contribution is 6.02. The third-order valence-corrected chi connectivity index (χ3v) is 2.25. The lowest BCUT2D eigenvalue weighted by molar-refractivity contribution is -0.137. The first-order chi connectivity index (χ1) is 8.62. The summed E-state index contributed by atoms with van der Waals surface area (Å²) in [5.41, 5.74) is 3.28. The molecular weight excluding hydrogens is 265 g/mol. The third-order valence-electron chi connectivity index (χ3n) is 2.25. The monoisotopic (exact) mass is 276 g/mol. The van der Waals surface area contributed by atoms with Gasteiger partial charge < -0.3 is 16.2 Å². The van der Waals surface area contributed by atoms with Gasteiger partial charge in [0, 0.05) is 0 Å². The fourth-order valence-electron chi connectivity index (χ4n) is 1.25. The zero-order valence-electron chi connectivity index (χ0n) is 9.78. The Hall–Kier alpha value is -2.09. The Morgan fingerprint density at radius 2 is 1.95 bits per heavy atom. The van der Waals surface area contributed by atoms with Gasteiger partial charge >= 0.3 is 12.1 Å². The standard InChI is InChI=1S/C11H11F3N2O3/c1-5(15)9(17)16-8-3-2-6(11(12,13)14)4-7(8)10(18)19/h2-5H,15H2,1H3,(H,16,17)(H,18,19)/t5-/m0/s1. The molecule has 0 saturated heterocycles. The molecule has 19 heavy (non-hydrogen) atoms. The maximum Gasteiger partial charge on any atom is 0.416 e. The maximum atomic E-state index is 12.5. The van der Waals surface area contributed by atoms with E-state index in [0.717, 1.165) is 6.07 Å². The maximum absolute atomic E-state index is 12.5. The van der Waals surface area contributed by atoms with Gasteiger partial charge in [0.2, 0.25) is 5.91 Å². The number of carbonyl (C=O) groups is 2. The van der Waals surface area contributed by atoms with Gasteiger partial charge in [-0.2, -0.15) is 13.2 Å². The van der Waals surface area contributed by atoms with Gasteiger partial charge in [0.1, 0.15) is 0 Å². The molecule has 104 valence electrons. The number of carboxylic acid groups (broad SMARTS) is 1. The molecule has 1 aromatic carbocycles. The van der Waals surface area contributed by atoms with Crippen molar-refractivity contribution in [2.75, 3.05) is 5.32 Å². The molecular formula is C11H11F3N2O3. The van der Waals surface area contributed by atoms with Crippen LogP contribution in [0.4, 0.5) is 18.9 Å². The van der Waals surface area contributed by atoms with E-state index in [1.54, 1.807) is 0 Å². The molecule has 0 aliphatic rings. The van der Waals surface area contributed by atoms with Gasteiger partial charge in [-0.05, 0) is 25.1 Å². The van der Waals surface area contributed by atoms with Gasteiger partial charge in [-0.1, -0.05) is 0 Å². The highest BCUT2D eigenvalue weighted by Crippen LogP contribution is 2.31. The van der Waals surface area contributed by atoms with Gasteiger partial charge in [0.15, 0.2) is 0 Å². The molecule has 5 nitrogen and oxygen atoms in total. The quantitative estimate of drug-likeness (QED) is 0.783. The number of aromatic carboxylic acids is 1. The molecule has 0 aliphatic carbocycles. The Balaban J connectivity index is 3.20. The number of carboxylic acids is 1. The Kier molecular flexibility index (Phi) is 4.15. The van der Waals surface area contributed by atoms with Crippen LogP contribution in [0.2, 0.25) is 0 Å². The van der Waals surface area contributed by atoms with Crippen LogP contribution in [0, 0.1) is 0 Å². The van der Waals surface area contributed by atoms with Crippen LogP contribution in [0.5, 0.6) is 0 Å². The van der Waals surface area contributed by atoms with Crippen molar-refractivity contribution in [2.45, 2.75) is 19.1 Å². The molecule has 1 aromatic rings. The lowest BCUT2D eigenvalue weighted by Gasteiger charge is -2.13. The molecule has 1 amide bonds. The summed E-state index contributed by atoms with van der Waals surface area (Å²) >= 11 is 0.